The standard InChI is InChI=1S/C19H18ClN3OS/c1-13-17(11-23(2)22-13)19(24)21-18-6-4-3-5-14(18)12-25-16-9-7-15(20)8-10-16/h3-11H,12H2,1-2H3,(H,21,24). The second-order valence-corrected chi connectivity index (χ2v) is 7.14. The van der Waals surface area contributed by atoms with Crippen LogP contribution in [0.4, 0.5) is 5.69 Å². The number of nitrogens with zero attached hydrogens (tertiary/aromatic N) is 2. The Hall–Kier alpha value is -2.24. The van der Waals surface area contributed by atoms with Crippen molar-refractivity contribution in [2.45, 2.75) is 17.6 Å². The minimum absolute atomic E-state index is 0.144. The lowest BCUT2D eigenvalue weighted by Crippen LogP contribution is -2.13. The molecule has 0 saturated heterocycles. The molecule has 3 rings (SSSR count). The van der Waals surface area contributed by atoms with Crippen LogP contribution < -0.4 is 5.32 Å². The molecule has 1 heterocycles. The number of para-hydroxylation sites is 1. The summed E-state index contributed by atoms with van der Waals surface area (Å²) in [6.07, 6.45) is 1.73. The van der Waals surface area contributed by atoms with E-state index in [0.717, 1.165) is 26.9 Å². The van der Waals surface area contributed by atoms with Crippen molar-refractivity contribution in [2.24, 2.45) is 7.05 Å². The Morgan fingerprint density at radius 3 is 2.60 bits per heavy atom. The number of hydrogen-bond acceptors (Lipinski definition) is 3. The molecule has 0 bridgehead atoms. The van der Waals surface area contributed by atoms with Crippen molar-refractivity contribution in [3.05, 3.63) is 76.6 Å². The van der Waals surface area contributed by atoms with Gasteiger partial charge in [0.25, 0.3) is 5.91 Å². The number of aryl methyl sites for hydroxylation is 2. The summed E-state index contributed by atoms with van der Waals surface area (Å²) >= 11 is 7.62. The molecule has 0 atom stereocenters. The van der Waals surface area contributed by atoms with Gasteiger partial charge >= 0.3 is 0 Å². The number of hydrogen-bond donors (Lipinski definition) is 1. The minimum Gasteiger partial charge on any atom is -0.322 e. The molecule has 6 heteroatoms. The van der Waals surface area contributed by atoms with E-state index in [2.05, 4.69) is 10.4 Å². The summed E-state index contributed by atoms with van der Waals surface area (Å²) in [5.41, 5.74) is 3.19. The van der Waals surface area contributed by atoms with E-state index >= 15 is 0 Å². The quantitative estimate of drug-likeness (QED) is 0.647. The zero-order valence-electron chi connectivity index (χ0n) is 14.0. The molecular formula is C19H18ClN3OS. The van der Waals surface area contributed by atoms with Crippen LogP contribution in [0.1, 0.15) is 21.6 Å². The maximum atomic E-state index is 12.5. The smallest absolute Gasteiger partial charge is 0.259 e. The molecule has 0 saturated carbocycles. The predicted octanol–water partition coefficient (Wildman–Crippen LogP) is 4.93. The summed E-state index contributed by atoms with van der Waals surface area (Å²) in [7, 11) is 1.81. The second kappa shape index (κ2) is 7.76. The first-order valence-corrected chi connectivity index (χ1v) is 9.17. The van der Waals surface area contributed by atoms with Crippen LogP contribution in [-0.2, 0) is 12.8 Å². The van der Waals surface area contributed by atoms with Gasteiger partial charge < -0.3 is 5.32 Å². The van der Waals surface area contributed by atoms with E-state index in [9.17, 15) is 4.79 Å². The molecule has 0 aliphatic rings. The Morgan fingerprint density at radius 2 is 1.92 bits per heavy atom. The molecule has 4 nitrogen and oxygen atoms in total. The number of thioether (sulfide) groups is 1. The van der Waals surface area contributed by atoms with Crippen LogP contribution in [0.15, 0.2) is 59.6 Å². The van der Waals surface area contributed by atoms with Crippen molar-refractivity contribution in [2.75, 3.05) is 5.32 Å². The van der Waals surface area contributed by atoms with E-state index < -0.39 is 0 Å². The first-order valence-electron chi connectivity index (χ1n) is 7.81. The highest BCUT2D eigenvalue weighted by Crippen LogP contribution is 2.28. The van der Waals surface area contributed by atoms with E-state index in [1.54, 1.807) is 29.7 Å². The van der Waals surface area contributed by atoms with Gasteiger partial charge in [0.15, 0.2) is 0 Å². The van der Waals surface area contributed by atoms with Gasteiger partial charge in [0.05, 0.1) is 11.3 Å². The van der Waals surface area contributed by atoms with Crippen LogP contribution in [-0.4, -0.2) is 15.7 Å². The topological polar surface area (TPSA) is 46.9 Å². The van der Waals surface area contributed by atoms with Gasteiger partial charge in [0, 0.05) is 34.6 Å². The van der Waals surface area contributed by atoms with Crippen molar-refractivity contribution in [3.63, 3.8) is 0 Å². The van der Waals surface area contributed by atoms with E-state index in [-0.39, 0.29) is 5.91 Å². The number of anilines is 1. The van der Waals surface area contributed by atoms with Crippen LogP contribution in [0.25, 0.3) is 0 Å². The third-order valence-corrected chi connectivity index (χ3v) is 5.04. The molecule has 1 N–H and O–H groups in total. The number of rotatable bonds is 5. The SMILES string of the molecule is Cc1nn(C)cc1C(=O)Nc1ccccc1CSc1ccc(Cl)cc1. The number of benzene rings is 2. The van der Waals surface area contributed by atoms with Gasteiger partial charge in [0.1, 0.15) is 0 Å². The van der Waals surface area contributed by atoms with Gasteiger partial charge in [-0.15, -0.1) is 11.8 Å². The Kier molecular flexibility index (Phi) is 5.46. The van der Waals surface area contributed by atoms with Crippen LogP contribution in [0, 0.1) is 6.92 Å². The first-order chi connectivity index (χ1) is 12.0. The molecule has 0 aliphatic heterocycles. The van der Waals surface area contributed by atoms with Crippen molar-refractivity contribution >= 4 is 35.0 Å². The number of amides is 1. The molecular weight excluding hydrogens is 354 g/mol. The van der Waals surface area contributed by atoms with Gasteiger partial charge in [-0.2, -0.15) is 5.10 Å². The summed E-state index contributed by atoms with van der Waals surface area (Å²) in [5, 5.41) is 7.95. The normalized spacial score (nSPS) is 10.7. The van der Waals surface area contributed by atoms with Gasteiger partial charge in [-0.1, -0.05) is 29.8 Å². The predicted molar refractivity (Wildman–Crippen MR) is 103 cm³/mol. The lowest BCUT2D eigenvalue weighted by molar-refractivity contribution is 0.102. The van der Waals surface area contributed by atoms with Crippen LogP contribution in [0.2, 0.25) is 5.02 Å². The lowest BCUT2D eigenvalue weighted by atomic mass is 10.2. The Balaban J connectivity index is 1.73. The van der Waals surface area contributed by atoms with Crippen molar-refractivity contribution in [1.29, 1.82) is 0 Å². The molecule has 0 unspecified atom stereocenters. The zero-order chi connectivity index (χ0) is 17.8. The van der Waals surface area contributed by atoms with Crippen molar-refractivity contribution in [3.8, 4) is 0 Å². The molecule has 3 aromatic rings. The average Bonchev–Trinajstić information content (AvgIpc) is 2.94. The Labute approximate surface area is 156 Å². The fraction of sp³-hybridized carbons (Fsp3) is 0.158. The highest BCUT2D eigenvalue weighted by Gasteiger charge is 2.14. The molecule has 1 aromatic heterocycles. The molecule has 0 fully saturated rings. The Bertz CT molecular complexity index is 890. The summed E-state index contributed by atoms with van der Waals surface area (Å²) in [4.78, 5) is 13.7. The van der Waals surface area contributed by atoms with Gasteiger partial charge in [0.2, 0.25) is 0 Å². The maximum absolute atomic E-state index is 12.5. The minimum atomic E-state index is -0.144. The van der Waals surface area contributed by atoms with Gasteiger partial charge in [-0.3, -0.25) is 9.48 Å². The fourth-order valence-corrected chi connectivity index (χ4v) is 3.50. The third kappa shape index (κ3) is 4.44. The highest BCUT2D eigenvalue weighted by atomic mass is 35.5. The molecule has 2 aromatic carbocycles. The first kappa shape index (κ1) is 17.6. The van der Waals surface area contributed by atoms with Gasteiger partial charge in [-0.25, -0.2) is 0 Å². The summed E-state index contributed by atoms with van der Waals surface area (Å²) in [5.74, 6) is 0.610. The second-order valence-electron chi connectivity index (χ2n) is 5.66. The van der Waals surface area contributed by atoms with E-state index in [1.165, 1.54) is 0 Å². The number of carbonyl (C=O) groups excluding carboxylic acids is 1. The third-order valence-electron chi connectivity index (χ3n) is 3.73. The van der Waals surface area contributed by atoms with Crippen LogP contribution >= 0.6 is 23.4 Å². The van der Waals surface area contributed by atoms with E-state index in [0.29, 0.717) is 11.3 Å². The van der Waals surface area contributed by atoms with Crippen molar-refractivity contribution < 1.29 is 4.79 Å². The maximum Gasteiger partial charge on any atom is 0.259 e. The Morgan fingerprint density at radius 1 is 1.20 bits per heavy atom. The zero-order valence-corrected chi connectivity index (χ0v) is 15.6. The number of aromatic nitrogens is 2. The summed E-state index contributed by atoms with van der Waals surface area (Å²) < 4.78 is 1.65. The molecule has 0 spiro atoms. The van der Waals surface area contributed by atoms with Crippen LogP contribution in [0.5, 0.6) is 0 Å². The van der Waals surface area contributed by atoms with Gasteiger partial charge in [-0.05, 0) is 42.8 Å². The average molecular weight is 372 g/mol. The van der Waals surface area contributed by atoms with Crippen LogP contribution in [0.3, 0.4) is 0 Å². The molecule has 25 heavy (non-hydrogen) atoms. The van der Waals surface area contributed by atoms with E-state index in [1.807, 2.05) is 55.5 Å². The molecule has 1 amide bonds. The number of halogens is 1. The highest BCUT2D eigenvalue weighted by molar-refractivity contribution is 7.98. The number of nitrogens with one attached hydrogen (secondary N) is 1. The molecule has 128 valence electrons. The summed E-state index contributed by atoms with van der Waals surface area (Å²) in [6.45, 7) is 1.83. The number of carbonyl (C=O) groups is 1. The monoisotopic (exact) mass is 371 g/mol. The summed E-state index contributed by atoms with van der Waals surface area (Å²) in [6, 6.07) is 15.6. The fourth-order valence-electron chi connectivity index (χ4n) is 2.47. The molecule has 0 radical (unpaired) electrons. The largest absolute Gasteiger partial charge is 0.322 e. The lowest BCUT2D eigenvalue weighted by Gasteiger charge is -2.11. The van der Waals surface area contributed by atoms with Crippen molar-refractivity contribution in [1.82, 2.24) is 9.78 Å². The molecule has 0 aliphatic carbocycles. The van der Waals surface area contributed by atoms with E-state index in [4.69, 9.17) is 11.6 Å².